The standard InChI is InChI=1S/C12H12ClN3O/c1-16-7-3-4-9(16)8-14-12(17)10-5-2-6-11(13)15-10/h2-7H,8H2,1H3,(H,14,17). The summed E-state index contributed by atoms with van der Waals surface area (Å²) >= 11 is 5.72. The van der Waals surface area contributed by atoms with Gasteiger partial charge in [0.1, 0.15) is 10.8 Å². The van der Waals surface area contributed by atoms with Gasteiger partial charge in [-0.2, -0.15) is 0 Å². The van der Waals surface area contributed by atoms with Crippen LogP contribution in [-0.4, -0.2) is 15.5 Å². The summed E-state index contributed by atoms with van der Waals surface area (Å²) in [4.78, 5) is 15.7. The van der Waals surface area contributed by atoms with E-state index in [1.165, 1.54) is 0 Å². The Labute approximate surface area is 104 Å². The van der Waals surface area contributed by atoms with Crippen LogP contribution >= 0.6 is 11.6 Å². The first-order valence-corrected chi connectivity index (χ1v) is 5.55. The van der Waals surface area contributed by atoms with Crippen LogP contribution in [0.4, 0.5) is 0 Å². The maximum atomic E-state index is 11.8. The predicted octanol–water partition coefficient (Wildman–Crippen LogP) is 2.00. The summed E-state index contributed by atoms with van der Waals surface area (Å²) in [5.41, 5.74) is 1.35. The minimum absolute atomic E-state index is 0.228. The van der Waals surface area contributed by atoms with Crippen molar-refractivity contribution < 1.29 is 4.79 Å². The third-order valence-electron chi connectivity index (χ3n) is 2.43. The number of nitrogens with zero attached hydrogens (tertiary/aromatic N) is 2. The molecule has 0 fully saturated rings. The molecule has 1 amide bonds. The summed E-state index contributed by atoms with van der Waals surface area (Å²) in [7, 11) is 1.93. The van der Waals surface area contributed by atoms with Crippen molar-refractivity contribution in [1.82, 2.24) is 14.9 Å². The van der Waals surface area contributed by atoms with Gasteiger partial charge in [-0.1, -0.05) is 17.7 Å². The molecular weight excluding hydrogens is 238 g/mol. The number of nitrogens with one attached hydrogen (secondary N) is 1. The topological polar surface area (TPSA) is 46.9 Å². The molecule has 2 aromatic heterocycles. The molecule has 0 saturated carbocycles. The molecule has 0 bridgehead atoms. The molecular formula is C12H12ClN3O. The van der Waals surface area contributed by atoms with Crippen LogP contribution < -0.4 is 5.32 Å². The molecule has 0 aliphatic heterocycles. The molecule has 0 aromatic carbocycles. The van der Waals surface area contributed by atoms with E-state index in [2.05, 4.69) is 10.3 Å². The third kappa shape index (κ3) is 2.85. The summed E-state index contributed by atoms with van der Waals surface area (Å²) in [6.45, 7) is 0.469. The highest BCUT2D eigenvalue weighted by atomic mass is 35.5. The Morgan fingerprint density at radius 1 is 1.41 bits per heavy atom. The van der Waals surface area contributed by atoms with Crippen molar-refractivity contribution in [2.24, 2.45) is 7.05 Å². The van der Waals surface area contributed by atoms with Crippen molar-refractivity contribution in [2.75, 3.05) is 0 Å². The Bertz CT molecular complexity index is 536. The molecule has 0 aliphatic rings. The number of halogens is 1. The summed E-state index contributed by atoms with van der Waals surface area (Å²) in [6.07, 6.45) is 1.93. The van der Waals surface area contributed by atoms with Crippen LogP contribution in [0.3, 0.4) is 0 Å². The first kappa shape index (κ1) is 11.7. The van der Waals surface area contributed by atoms with Gasteiger partial charge in [0.2, 0.25) is 0 Å². The molecule has 2 rings (SSSR count). The molecule has 0 aliphatic carbocycles. The molecule has 17 heavy (non-hydrogen) atoms. The first-order valence-electron chi connectivity index (χ1n) is 5.18. The highest BCUT2D eigenvalue weighted by molar-refractivity contribution is 6.29. The number of carbonyl (C=O) groups excluding carboxylic acids is 1. The second kappa shape index (κ2) is 5.01. The summed E-state index contributed by atoms with van der Waals surface area (Å²) in [5, 5.41) is 3.10. The van der Waals surface area contributed by atoms with Crippen LogP contribution in [0.15, 0.2) is 36.5 Å². The van der Waals surface area contributed by atoms with E-state index in [1.807, 2.05) is 29.9 Å². The van der Waals surface area contributed by atoms with E-state index >= 15 is 0 Å². The zero-order chi connectivity index (χ0) is 12.3. The quantitative estimate of drug-likeness (QED) is 0.846. The van der Waals surface area contributed by atoms with Gasteiger partial charge in [0.15, 0.2) is 0 Å². The molecule has 0 unspecified atom stereocenters. The fraction of sp³-hybridized carbons (Fsp3) is 0.167. The van der Waals surface area contributed by atoms with Crippen LogP contribution in [-0.2, 0) is 13.6 Å². The monoisotopic (exact) mass is 249 g/mol. The van der Waals surface area contributed by atoms with Crippen molar-refractivity contribution in [2.45, 2.75) is 6.54 Å². The molecule has 4 nitrogen and oxygen atoms in total. The first-order chi connectivity index (χ1) is 8.16. The Balaban J connectivity index is 2.01. The molecule has 5 heteroatoms. The Hall–Kier alpha value is -1.81. The molecule has 88 valence electrons. The fourth-order valence-corrected chi connectivity index (χ4v) is 1.64. The van der Waals surface area contributed by atoms with Crippen LogP contribution in [0, 0.1) is 0 Å². The number of carbonyl (C=O) groups is 1. The van der Waals surface area contributed by atoms with Crippen LogP contribution in [0.1, 0.15) is 16.2 Å². The normalized spacial score (nSPS) is 10.2. The lowest BCUT2D eigenvalue weighted by Gasteiger charge is -2.06. The van der Waals surface area contributed by atoms with Crippen molar-refractivity contribution >= 4 is 17.5 Å². The summed E-state index contributed by atoms with van der Waals surface area (Å²) < 4.78 is 1.95. The van der Waals surface area contributed by atoms with Crippen LogP contribution in [0.25, 0.3) is 0 Å². The van der Waals surface area contributed by atoms with E-state index in [9.17, 15) is 4.79 Å². The molecule has 1 N–H and O–H groups in total. The van der Waals surface area contributed by atoms with Gasteiger partial charge in [-0.3, -0.25) is 4.79 Å². The summed E-state index contributed by atoms with van der Waals surface area (Å²) in [5.74, 6) is -0.228. The van der Waals surface area contributed by atoms with Crippen LogP contribution in [0.2, 0.25) is 5.15 Å². The van der Waals surface area contributed by atoms with Gasteiger partial charge < -0.3 is 9.88 Å². The zero-order valence-corrected chi connectivity index (χ0v) is 10.1. The molecule has 2 aromatic rings. The van der Waals surface area contributed by atoms with Gasteiger partial charge in [0.05, 0.1) is 6.54 Å². The van der Waals surface area contributed by atoms with Crippen molar-refractivity contribution in [1.29, 1.82) is 0 Å². The van der Waals surface area contributed by atoms with E-state index in [-0.39, 0.29) is 5.91 Å². The van der Waals surface area contributed by atoms with Gasteiger partial charge in [0, 0.05) is 18.9 Å². The lowest BCUT2D eigenvalue weighted by Crippen LogP contribution is -2.24. The second-order valence-electron chi connectivity index (χ2n) is 3.64. The van der Waals surface area contributed by atoms with Gasteiger partial charge in [-0.25, -0.2) is 4.98 Å². The lowest BCUT2D eigenvalue weighted by atomic mass is 10.3. The molecule has 0 saturated heterocycles. The van der Waals surface area contributed by atoms with Crippen molar-refractivity contribution in [3.63, 3.8) is 0 Å². The van der Waals surface area contributed by atoms with Gasteiger partial charge in [-0.05, 0) is 24.3 Å². The average Bonchev–Trinajstić information content (AvgIpc) is 2.72. The number of hydrogen-bond donors (Lipinski definition) is 1. The fourth-order valence-electron chi connectivity index (χ4n) is 1.48. The van der Waals surface area contributed by atoms with Crippen molar-refractivity contribution in [3.05, 3.63) is 53.1 Å². The largest absolute Gasteiger partial charge is 0.353 e. The van der Waals surface area contributed by atoms with Gasteiger partial charge >= 0.3 is 0 Å². The Morgan fingerprint density at radius 2 is 2.24 bits per heavy atom. The van der Waals surface area contributed by atoms with E-state index in [0.29, 0.717) is 17.4 Å². The molecule has 0 spiro atoms. The minimum Gasteiger partial charge on any atom is -0.353 e. The number of hydrogen-bond acceptors (Lipinski definition) is 2. The molecule has 0 radical (unpaired) electrons. The molecule has 2 heterocycles. The highest BCUT2D eigenvalue weighted by Crippen LogP contribution is 2.05. The number of aryl methyl sites for hydroxylation is 1. The van der Waals surface area contributed by atoms with Gasteiger partial charge in [0.25, 0.3) is 5.91 Å². The number of rotatable bonds is 3. The van der Waals surface area contributed by atoms with Crippen LogP contribution in [0.5, 0.6) is 0 Å². The van der Waals surface area contributed by atoms with E-state index in [1.54, 1.807) is 18.2 Å². The Morgan fingerprint density at radius 3 is 2.88 bits per heavy atom. The highest BCUT2D eigenvalue weighted by Gasteiger charge is 2.07. The van der Waals surface area contributed by atoms with Gasteiger partial charge in [-0.15, -0.1) is 0 Å². The predicted molar refractivity (Wildman–Crippen MR) is 65.8 cm³/mol. The minimum atomic E-state index is -0.228. The average molecular weight is 250 g/mol. The smallest absolute Gasteiger partial charge is 0.270 e. The number of aromatic nitrogens is 2. The van der Waals surface area contributed by atoms with E-state index in [4.69, 9.17) is 11.6 Å². The Kier molecular flexibility index (Phi) is 3.44. The maximum absolute atomic E-state index is 11.8. The maximum Gasteiger partial charge on any atom is 0.270 e. The SMILES string of the molecule is Cn1cccc1CNC(=O)c1cccc(Cl)n1. The zero-order valence-electron chi connectivity index (χ0n) is 9.35. The number of amides is 1. The lowest BCUT2D eigenvalue weighted by molar-refractivity contribution is 0.0945. The number of pyridine rings is 1. The van der Waals surface area contributed by atoms with E-state index < -0.39 is 0 Å². The van der Waals surface area contributed by atoms with Crippen molar-refractivity contribution in [3.8, 4) is 0 Å². The second-order valence-corrected chi connectivity index (χ2v) is 4.03. The van der Waals surface area contributed by atoms with E-state index in [0.717, 1.165) is 5.69 Å². The third-order valence-corrected chi connectivity index (χ3v) is 2.64. The molecule has 0 atom stereocenters. The summed E-state index contributed by atoms with van der Waals surface area (Å²) in [6, 6.07) is 8.85.